The van der Waals surface area contributed by atoms with E-state index in [1.165, 1.54) is 6.08 Å². The van der Waals surface area contributed by atoms with Crippen molar-refractivity contribution in [3.8, 4) is 23.6 Å². The Labute approximate surface area is 156 Å². The molecule has 2 heterocycles. The quantitative estimate of drug-likeness (QED) is 0.496. The highest BCUT2D eigenvalue weighted by Gasteiger charge is 2.15. The Bertz CT molecular complexity index is 1170. The maximum absolute atomic E-state index is 9.11. The van der Waals surface area contributed by atoms with Crippen LogP contribution in [-0.2, 0) is 6.54 Å². The van der Waals surface area contributed by atoms with E-state index < -0.39 is 0 Å². The van der Waals surface area contributed by atoms with Crippen molar-refractivity contribution >= 4 is 17.0 Å². The minimum absolute atomic E-state index is 0.0200. The number of aromatic nitrogens is 2. The fraction of sp³-hybridized carbons (Fsp3) is 0.0455. The van der Waals surface area contributed by atoms with Crippen molar-refractivity contribution in [2.75, 3.05) is 0 Å². The van der Waals surface area contributed by atoms with E-state index in [9.17, 15) is 0 Å². The highest BCUT2D eigenvalue weighted by Crippen LogP contribution is 2.30. The minimum atomic E-state index is 0.0200. The first-order valence-electron chi connectivity index (χ1n) is 8.39. The lowest BCUT2D eigenvalue weighted by Crippen LogP contribution is -1.99. The van der Waals surface area contributed by atoms with Crippen LogP contribution in [0.15, 0.2) is 76.9 Å². The molecule has 0 atom stereocenters. The molecule has 4 rings (SSSR count). The van der Waals surface area contributed by atoms with Gasteiger partial charge in [0.1, 0.15) is 29.0 Å². The maximum Gasteiger partial charge on any atom is 0.156 e. The summed E-state index contributed by atoms with van der Waals surface area (Å²) in [4.78, 5) is 0. The number of hydrogen-bond acceptors (Lipinski definition) is 4. The monoisotopic (exact) mass is 350 g/mol. The molecule has 27 heavy (non-hydrogen) atoms. The lowest BCUT2D eigenvalue weighted by molar-refractivity contribution is 0.621. The van der Waals surface area contributed by atoms with E-state index >= 15 is 0 Å². The smallest absolute Gasteiger partial charge is 0.156 e. The summed E-state index contributed by atoms with van der Waals surface area (Å²) in [6.45, 7) is 0.580. The largest absolute Gasteiger partial charge is 0.454 e. The number of para-hydroxylation sites is 1. The van der Waals surface area contributed by atoms with Crippen LogP contribution in [0.1, 0.15) is 11.1 Å². The van der Waals surface area contributed by atoms with Gasteiger partial charge in [0.25, 0.3) is 0 Å². The first-order chi connectivity index (χ1) is 13.3. The van der Waals surface area contributed by atoms with Crippen molar-refractivity contribution in [1.29, 1.82) is 10.5 Å². The lowest BCUT2D eigenvalue weighted by atomic mass is 10.1. The summed E-state index contributed by atoms with van der Waals surface area (Å²) in [5, 5.41) is 23.9. The predicted octanol–water partition coefficient (Wildman–Crippen LogP) is 4.78. The standard InChI is InChI=1S/C22H14N4O/c23-12-17(13-24)10-19-15-26(14-16-6-2-1-3-7-16)25-22(19)21-11-18-8-4-5-9-20(18)27-21/h1-11,15H,14H2. The second-order valence-corrected chi connectivity index (χ2v) is 6.05. The molecule has 2 aromatic carbocycles. The number of benzene rings is 2. The third kappa shape index (κ3) is 3.35. The first-order valence-corrected chi connectivity index (χ1v) is 8.39. The molecule has 0 aliphatic heterocycles. The molecular weight excluding hydrogens is 336 g/mol. The zero-order chi connectivity index (χ0) is 18.6. The van der Waals surface area contributed by atoms with E-state index in [1.54, 1.807) is 4.68 Å². The van der Waals surface area contributed by atoms with Crippen LogP contribution in [0, 0.1) is 22.7 Å². The van der Waals surface area contributed by atoms with Crippen LogP contribution in [0.3, 0.4) is 0 Å². The van der Waals surface area contributed by atoms with Gasteiger partial charge in [-0.2, -0.15) is 15.6 Å². The van der Waals surface area contributed by atoms with Crippen LogP contribution in [0.5, 0.6) is 0 Å². The SMILES string of the molecule is N#CC(C#N)=Cc1cn(Cc2ccccc2)nc1-c1cc2ccccc2o1. The molecule has 5 nitrogen and oxygen atoms in total. The van der Waals surface area contributed by atoms with Crippen LogP contribution in [0.4, 0.5) is 0 Å². The fourth-order valence-electron chi connectivity index (χ4n) is 2.93. The molecule has 5 heteroatoms. The van der Waals surface area contributed by atoms with Gasteiger partial charge in [-0.3, -0.25) is 4.68 Å². The molecule has 128 valence electrons. The molecule has 0 spiro atoms. The molecule has 0 aliphatic rings. The van der Waals surface area contributed by atoms with Gasteiger partial charge in [0, 0.05) is 17.1 Å². The molecule has 0 aliphatic carbocycles. The Balaban J connectivity index is 1.82. The number of hydrogen-bond donors (Lipinski definition) is 0. The van der Waals surface area contributed by atoms with Gasteiger partial charge in [-0.15, -0.1) is 0 Å². The minimum Gasteiger partial charge on any atom is -0.454 e. The van der Waals surface area contributed by atoms with Crippen molar-refractivity contribution in [3.05, 3.63) is 83.6 Å². The third-order valence-electron chi connectivity index (χ3n) is 4.18. The average molecular weight is 350 g/mol. The lowest BCUT2D eigenvalue weighted by Gasteiger charge is -2.00. The summed E-state index contributed by atoms with van der Waals surface area (Å²) in [7, 11) is 0. The van der Waals surface area contributed by atoms with Gasteiger partial charge in [-0.05, 0) is 23.8 Å². The molecular formula is C22H14N4O. The number of allylic oxidation sites excluding steroid dienone is 1. The Morgan fingerprint density at radius 1 is 1.04 bits per heavy atom. The summed E-state index contributed by atoms with van der Waals surface area (Å²) in [6, 6.07) is 23.4. The van der Waals surface area contributed by atoms with Crippen LogP contribution < -0.4 is 0 Å². The van der Waals surface area contributed by atoms with Crippen LogP contribution >= 0.6 is 0 Å². The Hall–Kier alpha value is -4.09. The molecule has 0 fully saturated rings. The zero-order valence-corrected chi connectivity index (χ0v) is 14.3. The van der Waals surface area contributed by atoms with Gasteiger partial charge in [0.05, 0.1) is 6.54 Å². The van der Waals surface area contributed by atoms with Crippen LogP contribution in [0.25, 0.3) is 28.5 Å². The Morgan fingerprint density at radius 3 is 2.52 bits per heavy atom. The fourth-order valence-corrected chi connectivity index (χ4v) is 2.93. The second-order valence-electron chi connectivity index (χ2n) is 6.05. The van der Waals surface area contributed by atoms with E-state index in [2.05, 4.69) is 5.10 Å². The Kier molecular flexibility index (Phi) is 4.27. The van der Waals surface area contributed by atoms with Crippen LogP contribution in [0.2, 0.25) is 0 Å². The van der Waals surface area contributed by atoms with Crippen molar-refractivity contribution in [3.63, 3.8) is 0 Å². The molecule has 0 bridgehead atoms. The highest BCUT2D eigenvalue weighted by atomic mass is 16.3. The molecule has 0 unspecified atom stereocenters. The van der Waals surface area contributed by atoms with Crippen molar-refractivity contribution in [2.45, 2.75) is 6.54 Å². The molecule has 2 aromatic heterocycles. The number of furan rings is 1. The third-order valence-corrected chi connectivity index (χ3v) is 4.18. The summed E-state index contributed by atoms with van der Waals surface area (Å²) < 4.78 is 7.72. The number of rotatable bonds is 4. The van der Waals surface area contributed by atoms with E-state index in [0.29, 0.717) is 23.6 Å². The zero-order valence-electron chi connectivity index (χ0n) is 14.3. The second kappa shape index (κ2) is 7.03. The summed E-state index contributed by atoms with van der Waals surface area (Å²) in [5.74, 6) is 0.601. The summed E-state index contributed by atoms with van der Waals surface area (Å²) >= 11 is 0. The van der Waals surface area contributed by atoms with Gasteiger partial charge in [-0.1, -0.05) is 48.5 Å². The number of nitriles is 2. The van der Waals surface area contributed by atoms with E-state index in [0.717, 1.165) is 16.5 Å². The molecule has 0 saturated carbocycles. The normalized spacial score (nSPS) is 10.3. The molecule has 0 radical (unpaired) electrons. The topological polar surface area (TPSA) is 78.5 Å². The maximum atomic E-state index is 9.11. The summed E-state index contributed by atoms with van der Waals surface area (Å²) in [5.41, 5.74) is 3.16. The number of fused-ring (bicyclic) bond motifs is 1. The Morgan fingerprint density at radius 2 is 1.78 bits per heavy atom. The van der Waals surface area contributed by atoms with E-state index in [-0.39, 0.29) is 5.57 Å². The van der Waals surface area contributed by atoms with Gasteiger partial charge >= 0.3 is 0 Å². The van der Waals surface area contributed by atoms with E-state index in [1.807, 2.05) is 79.0 Å². The van der Waals surface area contributed by atoms with Gasteiger partial charge in [0.15, 0.2) is 5.76 Å². The average Bonchev–Trinajstić information content (AvgIpc) is 3.30. The molecule has 0 saturated heterocycles. The summed E-state index contributed by atoms with van der Waals surface area (Å²) in [6.07, 6.45) is 3.36. The van der Waals surface area contributed by atoms with Crippen molar-refractivity contribution in [1.82, 2.24) is 9.78 Å². The van der Waals surface area contributed by atoms with Crippen molar-refractivity contribution < 1.29 is 4.42 Å². The van der Waals surface area contributed by atoms with Gasteiger partial charge in [0.2, 0.25) is 0 Å². The highest BCUT2D eigenvalue weighted by molar-refractivity contribution is 5.84. The molecule has 0 amide bonds. The van der Waals surface area contributed by atoms with E-state index in [4.69, 9.17) is 14.9 Å². The van der Waals surface area contributed by atoms with Gasteiger partial charge < -0.3 is 4.42 Å². The molecule has 4 aromatic rings. The first kappa shape index (κ1) is 16.4. The van der Waals surface area contributed by atoms with Crippen LogP contribution in [-0.4, -0.2) is 9.78 Å². The molecule has 0 N–H and O–H groups in total. The van der Waals surface area contributed by atoms with Crippen molar-refractivity contribution in [2.24, 2.45) is 0 Å². The van der Waals surface area contributed by atoms with Gasteiger partial charge in [-0.25, -0.2) is 0 Å². The predicted molar refractivity (Wildman–Crippen MR) is 102 cm³/mol. The number of nitrogens with zero attached hydrogens (tertiary/aromatic N) is 4.